The summed E-state index contributed by atoms with van der Waals surface area (Å²) in [5.74, 6) is -1.45. The van der Waals surface area contributed by atoms with Crippen LogP contribution in [0, 0.1) is 56.2 Å². The quantitative estimate of drug-likeness (QED) is 0.340. The average Bonchev–Trinajstić information content (AvgIpc) is 3.06. The number of rotatable bonds is 12. The molecule has 2 heterocycles. The maximum Gasteiger partial charge on any atom is 0.217 e. The predicted octanol–water partition coefficient (Wildman–Crippen LogP) is 6.57. The van der Waals surface area contributed by atoms with Crippen LogP contribution in [0.4, 0.5) is 0 Å². The van der Waals surface area contributed by atoms with Gasteiger partial charge in [0.15, 0.2) is 5.41 Å². The highest BCUT2D eigenvalue weighted by Gasteiger charge is 2.79. The number of hydrogen-bond donors (Lipinski definition) is 1. The van der Waals surface area contributed by atoms with Gasteiger partial charge < -0.3 is 14.2 Å². The molecule has 7 heteroatoms. The van der Waals surface area contributed by atoms with E-state index in [0.717, 1.165) is 12.8 Å². The molecule has 0 spiro atoms. The van der Waals surface area contributed by atoms with Crippen LogP contribution in [0.3, 0.4) is 0 Å². The maximum atomic E-state index is 10.4. The van der Waals surface area contributed by atoms with Crippen LogP contribution in [0.5, 0.6) is 5.75 Å². The summed E-state index contributed by atoms with van der Waals surface area (Å²) in [7, 11) is 0. The summed E-state index contributed by atoms with van der Waals surface area (Å²) in [6.07, 6.45) is 7.68. The van der Waals surface area contributed by atoms with Crippen molar-refractivity contribution < 1.29 is 14.2 Å². The fraction of sp³-hybridized carbons (Fsp3) is 0.643. The van der Waals surface area contributed by atoms with E-state index in [-0.39, 0.29) is 5.90 Å². The minimum absolute atomic E-state index is 0.343. The standard InChI is InChI=1S/C28H36N4O3/c1-4-7-8-9-10-11-17-33-22-14-12-21(13-15-22)24-26(18-29,19-30)27(20-31)23(6-3)28(34-24,16-5-2)35-25(27)32/h12-15,23-24,32H,4-11,16-17H2,1-3H3. The Hall–Kier alpha value is -3.08. The van der Waals surface area contributed by atoms with Crippen molar-refractivity contribution in [3.63, 3.8) is 0 Å². The summed E-state index contributed by atoms with van der Waals surface area (Å²) < 4.78 is 18.3. The van der Waals surface area contributed by atoms with Gasteiger partial charge in [-0.25, -0.2) is 0 Å². The highest BCUT2D eigenvalue weighted by atomic mass is 16.7. The molecule has 3 rings (SSSR count). The first-order chi connectivity index (χ1) is 16.9. The zero-order valence-corrected chi connectivity index (χ0v) is 21.1. The summed E-state index contributed by atoms with van der Waals surface area (Å²) in [4.78, 5) is 0. The van der Waals surface area contributed by atoms with Gasteiger partial charge in [0.25, 0.3) is 0 Å². The van der Waals surface area contributed by atoms with Gasteiger partial charge in [0.2, 0.25) is 17.1 Å². The molecule has 0 aliphatic carbocycles. The summed E-state index contributed by atoms with van der Waals surface area (Å²) in [6, 6.07) is 13.6. The Bertz CT molecular complexity index is 1000. The van der Waals surface area contributed by atoms with Gasteiger partial charge in [-0.15, -0.1) is 0 Å². The molecule has 1 N–H and O–H groups in total. The fourth-order valence-electron chi connectivity index (χ4n) is 5.78. The zero-order valence-electron chi connectivity index (χ0n) is 21.1. The zero-order chi connectivity index (χ0) is 25.5. The van der Waals surface area contributed by atoms with E-state index in [9.17, 15) is 15.8 Å². The normalized spacial score (nSPS) is 28.4. The third-order valence-electron chi connectivity index (χ3n) is 7.50. The smallest absolute Gasteiger partial charge is 0.217 e. The topological polar surface area (TPSA) is 123 Å². The van der Waals surface area contributed by atoms with Crippen LogP contribution in [0.1, 0.15) is 90.2 Å². The molecular formula is C28H36N4O3. The van der Waals surface area contributed by atoms with Gasteiger partial charge in [-0.2, -0.15) is 15.8 Å². The highest BCUT2D eigenvalue weighted by Crippen LogP contribution is 2.68. The van der Waals surface area contributed by atoms with E-state index in [0.29, 0.717) is 37.2 Å². The molecule has 7 nitrogen and oxygen atoms in total. The molecule has 0 radical (unpaired) electrons. The molecule has 186 valence electrons. The number of benzene rings is 1. The van der Waals surface area contributed by atoms with Crippen molar-refractivity contribution in [2.24, 2.45) is 16.7 Å². The van der Waals surface area contributed by atoms with Gasteiger partial charge in [-0.1, -0.05) is 65.0 Å². The van der Waals surface area contributed by atoms with Crippen LogP contribution in [0.25, 0.3) is 0 Å². The van der Waals surface area contributed by atoms with Crippen LogP contribution >= 0.6 is 0 Å². The van der Waals surface area contributed by atoms with E-state index in [1.54, 1.807) is 24.3 Å². The molecule has 4 atom stereocenters. The molecule has 2 bridgehead atoms. The van der Waals surface area contributed by atoms with Gasteiger partial charge in [0.05, 0.1) is 30.7 Å². The van der Waals surface area contributed by atoms with Crippen LogP contribution in [0.2, 0.25) is 0 Å². The Kier molecular flexibility index (Phi) is 8.42. The Labute approximate surface area is 209 Å². The van der Waals surface area contributed by atoms with Gasteiger partial charge >= 0.3 is 0 Å². The van der Waals surface area contributed by atoms with E-state index >= 15 is 0 Å². The third-order valence-corrected chi connectivity index (χ3v) is 7.50. The molecule has 0 amide bonds. The lowest BCUT2D eigenvalue weighted by molar-refractivity contribution is -0.286. The molecule has 0 aromatic heterocycles. The Morgan fingerprint density at radius 2 is 1.57 bits per heavy atom. The molecule has 2 aliphatic heterocycles. The van der Waals surface area contributed by atoms with Crippen molar-refractivity contribution >= 4 is 5.90 Å². The van der Waals surface area contributed by atoms with Crippen molar-refractivity contribution in [1.82, 2.24) is 0 Å². The number of nitriles is 3. The summed E-state index contributed by atoms with van der Waals surface area (Å²) >= 11 is 0. The van der Waals surface area contributed by atoms with Gasteiger partial charge in [0, 0.05) is 6.42 Å². The second kappa shape index (κ2) is 11.1. The SMILES string of the molecule is CCCCCCCCOc1ccc(C2OC3(CCC)OC(=N)C(C#N)(C3CC)C2(C#N)C#N)cc1. The lowest BCUT2D eigenvalue weighted by atomic mass is 9.52. The summed E-state index contributed by atoms with van der Waals surface area (Å²) in [5.41, 5.74) is -3.04. The molecule has 1 aromatic carbocycles. The molecule has 4 unspecified atom stereocenters. The van der Waals surface area contributed by atoms with Crippen LogP contribution in [-0.4, -0.2) is 18.3 Å². The maximum absolute atomic E-state index is 10.4. The largest absolute Gasteiger partial charge is 0.494 e. The number of nitrogens with one attached hydrogen (secondary N) is 1. The molecule has 35 heavy (non-hydrogen) atoms. The average molecular weight is 477 g/mol. The molecule has 1 aromatic rings. The molecule has 2 aliphatic rings. The number of hydrogen-bond acceptors (Lipinski definition) is 7. The Balaban J connectivity index is 1.87. The van der Waals surface area contributed by atoms with Gasteiger partial charge in [0.1, 0.15) is 11.9 Å². The third kappa shape index (κ3) is 4.26. The van der Waals surface area contributed by atoms with Gasteiger partial charge in [-0.05, 0) is 37.0 Å². The van der Waals surface area contributed by atoms with Crippen molar-refractivity contribution in [2.45, 2.75) is 90.4 Å². The minimum atomic E-state index is -1.92. The van der Waals surface area contributed by atoms with Crippen molar-refractivity contribution in [3.05, 3.63) is 29.8 Å². The monoisotopic (exact) mass is 476 g/mol. The van der Waals surface area contributed by atoms with Crippen LogP contribution < -0.4 is 4.74 Å². The number of nitrogens with zero attached hydrogens (tertiary/aromatic N) is 3. The highest BCUT2D eigenvalue weighted by molar-refractivity contribution is 5.89. The van der Waals surface area contributed by atoms with Gasteiger partial charge in [-0.3, -0.25) is 5.41 Å². The Morgan fingerprint density at radius 1 is 0.914 bits per heavy atom. The van der Waals surface area contributed by atoms with Crippen molar-refractivity contribution in [1.29, 1.82) is 21.2 Å². The second-order valence-corrected chi connectivity index (χ2v) is 9.59. The van der Waals surface area contributed by atoms with E-state index in [1.165, 1.54) is 25.7 Å². The molecule has 2 fully saturated rings. The first kappa shape index (κ1) is 26.5. The summed E-state index contributed by atoms with van der Waals surface area (Å²) in [5, 5.41) is 39.6. The van der Waals surface area contributed by atoms with Crippen molar-refractivity contribution in [2.75, 3.05) is 6.61 Å². The first-order valence-corrected chi connectivity index (χ1v) is 12.9. The Morgan fingerprint density at radius 3 is 2.14 bits per heavy atom. The van der Waals surface area contributed by atoms with Crippen molar-refractivity contribution in [3.8, 4) is 24.0 Å². The van der Waals surface area contributed by atoms with E-state index in [2.05, 4.69) is 25.1 Å². The molecule has 0 saturated carbocycles. The minimum Gasteiger partial charge on any atom is -0.494 e. The lowest BCUT2D eigenvalue weighted by Gasteiger charge is -2.49. The van der Waals surface area contributed by atoms with Crippen LogP contribution in [-0.2, 0) is 9.47 Å². The number of unbranched alkanes of at least 4 members (excludes halogenated alkanes) is 5. The lowest BCUT2D eigenvalue weighted by Crippen LogP contribution is -2.59. The van der Waals surface area contributed by atoms with E-state index in [1.807, 2.05) is 13.8 Å². The predicted molar refractivity (Wildman–Crippen MR) is 131 cm³/mol. The summed E-state index contributed by atoms with van der Waals surface area (Å²) in [6.45, 7) is 6.69. The number of ether oxygens (including phenoxy) is 3. The molecule has 2 saturated heterocycles. The number of fused-ring (bicyclic) bond motifs is 2. The fourth-order valence-corrected chi connectivity index (χ4v) is 5.78. The molecular weight excluding hydrogens is 440 g/mol. The second-order valence-electron chi connectivity index (χ2n) is 9.59. The first-order valence-electron chi connectivity index (χ1n) is 12.9. The van der Waals surface area contributed by atoms with E-state index < -0.39 is 28.6 Å². The van der Waals surface area contributed by atoms with Crippen LogP contribution in [0.15, 0.2) is 24.3 Å². The van der Waals surface area contributed by atoms with E-state index in [4.69, 9.17) is 19.6 Å².